The second kappa shape index (κ2) is 17.5. The fourth-order valence-corrected chi connectivity index (χ4v) is 11.1. The van der Waals surface area contributed by atoms with Gasteiger partial charge in [0.1, 0.15) is 5.76 Å². The molecule has 2 aromatic rings. The van der Waals surface area contributed by atoms with E-state index in [0.717, 1.165) is 0 Å². The molecule has 2 rings (SSSR count). The maximum atomic E-state index is 11.9. The van der Waals surface area contributed by atoms with Crippen molar-refractivity contribution in [3.8, 4) is 0 Å². The normalized spacial score (nSPS) is 15.6. The molecule has 242 valence electrons. The number of aliphatic hydroxyl groups is 1. The Bertz CT molecular complexity index is 1350. The number of benzene rings is 2. The molecule has 0 saturated carbocycles. The third kappa shape index (κ3) is 12.3. The van der Waals surface area contributed by atoms with Crippen LogP contribution in [0.2, 0.25) is 5.04 Å². The molecule has 0 amide bonds. The molecule has 0 aliphatic carbocycles. The first-order chi connectivity index (χ1) is 21.1. The molecule has 2 aromatic carbocycles. The van der Waals surface area contributed by atoms with Crippen molar-refractivity contribution >= 4 is 35.6 Å². The Morgan fingerprint density at radius 1 is 0.778 bits per heavy atom. The summed E-state index contributed by atoms with van der Waals surface area (Å²) < 4.78 is 7.35. The molecule has 2 atom stereocenters. The molecule has 5 heteroatoms. The second-order valence-corrected chi connectivity index (χ2v) is 19.9. The van der Waals surface area contributed by atoms with Gasteiger partial charge in [0.2, 0.25) is 5.12 Å². The van der Waals surface area contributed by atoms with Gasteiger partial charge in [-0.3, -0.25) is 4.79 Å². The molecule has 0 saturated heterocycles. The lowest BCUT2D eigenvalue weighted by Crippen LogP contribution is -2.68. The van der Waals surface area contributed by atoms with Crippen molar-refractivity contribution in [1.82, 2.24) is 0 Å². The summed E-state index contributed by atoms with van der Waals surface area (Å²) in [5.74, 6) is 0.482. The number of rotatable bonds is 13. The standard InChI is InChI=1S/C40H54O3SSi/c1-31(2)38(43-45(40(8,9)10,35-25-19-15-20-26-35)36-27-21-16-22-28-36)33(4)29-32(3)23-17-13-11-12-14-18-24-34(41)30-37(42)44-39(5,6)7/h11-31,33,38,41H,1-10H3/b13-11+,14-12+,23-17+,24-18+,32-29+,34-30-/t33-,38+/m0/s1. The topological polar surface area (TPSA) is 46.5 Å². The van der Waals surface area contributed by atoms with Gasteiger partial charge in [-0.1, -0.05) is 189 Å². The van der Waals surface area contributed by atoms with Crippen molar-refractivity contribution in [1.29, 1.82) is 0 Å². The molecule has 0 unspecified atom stereocenters. The second-order valence-electron chi connectivity index (χ2n) is 13.9. The summed E-state index contributed by atoms with van der Waals surface area (Å²) in [7, 11) is -2.67. The lowest BCUT2D eigenvalue weighted by Gasteiger charge is -2.47. The Morgan fingerprint density at radius 3 is 1.69 bits per heavy atom. The van der Waals surface area contributed by atoms with Crippen molar-refractivity contribution in [3.63, 3.8) is 0 Å². The van der Waals surface area contributed by atoms with Gasteiger partial charge in [0.15, 0.2) is 0 Å². The summed E-state index contributed by atoms with van der Waals surface area (Å²) in [6, 6.07) is 21.7. The van der Waals surface area contributed by atoms with Crippen LogP contribution in [0.25, 0.3) is 0 Å². The third-order valence-corrected chi connectivity index (χ3v) is 13.2. The van der Waals surface area contributed by atoms with Crippen LogP contribution in [-0.4, -0.2) is 29.4 Å². The molecule has 3 nitrogen and oxygen atoms in total. The van der Waals surface area contributed by atoms with Crippen molar-refractivity contribution in [2.45, 2.75) is 85.1 Å². The maximum Gasteiger partial charge on any atom is 0.261 e. The fraction of sp³-hybridized carbons (Fsp3) is 0.375. The van der Waals surface area contributed by atoms with Gasteiger partial charge in [0.25, 0.3) is 8.32 Å². The predicted molar refractivity (Wildman–Crippen MR) is 200 cm³/mol. The zero-order valence-corrected chi connectivity index (χ0v) is 30.8. The Morgan fingerprint density at radius 2 is 1.24 bits per heavy atom. The molecular weight excluding hydrogens is 589 g/mol. The molecule has 0 aromatic heterocycles. The summed E-state index contributed by atoms with van der Waals surface area (Å²) in [4.78, 5) is 11.9. The zero-order valence-electron chi connectivity index (χ0n) is 29.0. The lowest BCUT2D eigenvalue weighted by atomic mass is 9.93. The van der Waals surface area contributed by atoms with Gasteiger partial charge in [-0.25, -0.2) is 0 Å². The van der Waals surface area contributed by atoms with Crippen LogP contribution in [-0.2, 0) is 9.22 Å². The first kappa shape index (κ1) is 38.1. The van der Waals surface area contributed by atoms with E-state index in [4.69, 9.17) is 4.43 Å². The Balaban J connectivity index is 2.19. The van der Waals surface area contributed by atoms with E-state index in [0.29, 0.717) is 5.92 Å². The molecular formula is C40H54O3SSi. The van der Waals surface area contributed by atoms with E-state index in [1.54, 1.807) is 6.08 Å². The minimum Gasteiger partial charge on any atom is -0.508 e. The van der Waals surface area contributed by atoms with Gasteiger partial charge in [-0.15, -0.1) is 0 Å². The van der Waals surface area contributed by atoms with Gasteiger partial charge in [0.05, 0.1) is 6.10 Å². The lowest BCUT2D eigenvalue weighted by molar-refractivity contribution is -0.107. The summed E-state index contributed by atoms with van der Waals surface area (Å²) >= 11 is 1.19. The average molecular weight is 643 g/mol. The highest BCUT2D eigenvalue weighted by molar-refractivity contribution is 8.15. The quantitative estimate of drug-likeness (QED) is 0.102. The minimum absolute atomic E-state index is 0.0396. The molecule has 0 spiro atoms. The van der Waals surface area contributed by atoms with Crippen molar-refractivity contribution in [3.05, 3.63) is 133 Å². The monoisotopic (exact) mass is 642 g/mol. The van der Waals surface area contributed by atoms with Crippen molar-refractivity contribution in [2.75, 3.05) is 0 Å². The van der Waals surface area contributed by atoms with E-state index in [2.05, 4.69) is 121 Å². The van der Waals surface area contributed by atoms with Crippen molar-refractivity contribution in [2.24, 2.45) is 11.8 Å². The number of hydrogen-bond acceptors (Lipinski definition) is 4. The Kier molecular flexibility index (Phi) is 14.8. The van der Waals surface area contributed by atoms with Crippen LogP contribution in [0.15, 0.2) is 133 Å². The number of allylic oxidation sites excluding steroid dienone is 9. The summed E-state index contributed by atoms with van der Waals surface area (Å²) in [6.07, 6.45) is 18.6. The molecule has 45 heavy (non-hydrogen) atoms. The first-order valence-electron chi connectivity index (χ1n) is 15.9. The van der Waals surface area contributed by atoms with Gasteiger partial charge in [-0.05, 0) is 40.2 Å². The largest absolute Gasteiger partial charge is 0.508 e. The Labute approximate surface area is 278 Å². The van der Waals surface area contributed by atoms with Crippen LogP contribution >= 0.6 is 11.8 Å². The highest BCUT2D eigenvalue weighted by atomic mass is 32.2. The van der Waals surface area contributed by atoms with E-state index >= 15 is 0 Å². The van der Waals surface area contributed by atoms with Crippen LogP contribution in [0.1, 0.15) is 69.2 Å². The highest BCUT2D eigenvalue weighted by Gasteiger charge is 2.52. The van der Waals surface area contributed by atoms with Crippen LogP contribution < -0.4 is 10.4 Å². The SMILES string of the molecule is CC(/C=C/C=C/C=C/C=C/C(O)=C/C(=O)SC(C)(C)C)=C\[C@H](C)[C@H](O[Si](c1ccccc1)(c1ccccc1)C(C)(C)C)C(C)C. The smallest absolute Gasteiger partial charge is 0.261 e. The number of hydrogen-bond donors (Lipinski definition) is 1. The maximum absolute atomic E-state index is 11.9. The number of carbonyl (C=O) groups excluding carboxylic acids is 1. The molecule has 1 N–H and O–H groups in total. The van der Waals surface area contributed by atoms with E-state index in [9.17, 15) is 9.90 Å². The minimum atomic E-state index is -2.67. The molecule has 0 heterocycles. The van der Waals surface area contributed by atoms with Crippen molar-refractivity contribution < 1.29 is 14.3 Å². The van der Waals surface area contributed by atoms with Crippen LogP contribution in [0.4, 0.5) is 0 Å². The van der Waals surface area contributed by atoms with Crippen LogP contribution in [0.5, 0.6) is 0 Å². The van der Waals surface area contributed by atoms with Gasteiger partial charge < -0.3 is 9.53 Å². The zero-order chi connectivity index (χ0) is 33.7. The predicted octanol–water partition coefficient (Wildman–Crippen LogP) is 9.89. The number of thioether (sulfide) groups is 1. The van der Waals surface area contributed by atoms with E-state index in [1.165, 1.54) is 39.9 Å². The van der Waals surface area contributed by atoms with E-state index in [-0.39, 0.29) is 32.7 Å². The van der Waals surface area contributed by atoms with Gasteiger partial charge in [-0.2, -0.15) is 0 Å². The molecule has 0 fully saturated rings. The molecule has 0 radical (unpaired) electrons. The van der Waals surface area contributed by atoms with E-state index < -0.39 is 8.32 Å². The summed E-state index contributed by atoms with van der Waals surface area (Å²) in [5, 5.41) is 12.3. The third-order valence-electron chi connectivity index (χ3n) is 7.28. The van der Waals surface area contributed by atoms with Gasteiger partial charge in [0, 0.05) is 10.8 Å². The van der Waals surface area contributed by atoms with E-state index in [1.807, 2.05) is 51.2 Å². The van der Waals surface area contributed by atoms with Gasteiger partial charge >= 0.3 is 0 Å². The molecule has 0 bridgehead atoms. The van der Waals surface area contributed by atoms with Crippen LogP contribution in [0, 0.1) is 11.8 Å². The number of carbonyl (C=O) groups is 1. The summed E-state index contributed by atoms with van der Waals surface area (Å²) in [6.45, 7) is 21.8. The van der Waals surface area contributed by atoms with Crippen LogP contribution in [0.3, 0.4) is 0 Å². The summed E-state index contributed by atoms with van der Waals surface area (Å²) in [5.41, 5.74) is 1.18. The average Bonchev–Trinajstić information content (AvgIpc) is 2.94. The Hall–Kier alpha value is -3.12. The first-order valence-corrected chi connectivity index (χ1v) is 18.6. The molecule has 0 aliphatic rings. The number of aliphatic hydroxyl groups excluding tert-OH is 1. The fourth-order valence-electron chi connectivity index (χ4n) is 5.43. The highest BCUT2D eigenvalue weighted by Crippen LogP contribution is 2.39. The molecule has 0 aliphatic heterocycles.